The smallest absolute Gasteiger partial charge is 0.338 e. The van der Waals surface area contributed by atoms with Gasteiger partial charge in [-0.1, -0.05) is 0 Å². The molecule has 0 bridgehead atoms. The normalized spacial score (nSPS) is 10.9. The highest BCUT2D eigenvalue weighted by Crippen LogP contribution is 2.13. The van der Waals surface area contributed by atoms with E-state index in [4.69, 9.17) is 9.47 Å². The van der Waals surface area contributed by atoms with Gasteiger partial charge >= 0.3 is 11.9 Å². The van der Waals surface area contributed by atoms with Crippen molar-refractivity contribution in [2.24, 2.45) is 0 Å². The van der Waals surface area contributed by atoms with E-state index in [2.05, 4.69) is 0 Å². The van der Waals surface area contributed by atoms with Gasteiger partial charge in [0, 0.05) is 0 Å². The molecule has 0 aliphatic heterocycles. The molecule has 0 fully saturated rings. The van der Waals surface area contributed by atoms with Crippen molar-refractivity contribution < 1.29 is 19.1 Å². The molecule has 0 atom stereocenters. The third-order valence-corrected chi connectivity index (χ3v) is 2.03. The Morgan fingerprint density at radius 1 is 1.00 bits per heavy atom. The average Bonchev–Trinajstić information content (AvgIpc) is 2.27. The van der Waals surface area contributed by atoms with Crippen LogP contribution in [0.3, 0.4) is 0 Å². The summed E-state index contributed by atoms with van der Waals surface area (Å²) < 4.78 is 10.1. The van der Waals surface area contributed by atoms with Crippen LogP contribution in [0.15, 0.2) is 24.3 Å². The van der Waals surface area contributed by atoms with Gasteiger partial charge in [0.15, 0.2) is 0 Å². The molecular weight excluding hydrogens is 232 g/mol. The molecule has 0 spiro atoms. The zero-order valence-electron chi connectivity index (χ0n) is 11.1. The summed E-state index contributed by atoms with van der Waals surface area (Å²) in [5.41, 5.74) is 0.304. The summed E-state index contributed by atoms with van der Waals surface area (Å²) >= 11 is 0. The number of carbonyl (C=O) groups excluding carboxylic acids is 2. The van der Waals surface area contributed by atoms with Gasteiger partial charge in [-0.05, 0) is 52.0 Å². The van der Waals surface area contributed by atoms with Crippen molar-refractivity contribution >= 4 is 11.9 Å². The van der Waals surface area contributed by atoms with Crippen LogP contribution in [-0.4, -0.2) is 24.1 Å². The molecule has 0 heterocycles. The first-order chi connectivity index (χ1) is 8.33. The van der Waals surface area contributed by atoms with E-state index in [1.165, 1.54) is 0 Å². The maximum absolute atomic E-state index is 11.7. The van der Waals surface area contributed by atoms with Crippen LogP contribution in [0.2, 0.25) is 0 Å². The summed E-state index contributed by atoms with van der Waals surface area (Å²) in [6.45, 7) is 7.48. The Kier molecular flexibility index (Phi) is 4.48. The topological polar surface area (TPSA) is 52.6 Å². The summed E-state index contributed by atoms with van der Waals surface area (Å²) in [5, 5.41) is 0. The van der Waals surface area contributed by atoms with E-state index in [0.717, 1.165) is 0 Å². The van der Waals surface area contributed by atoms with Crippen LogP contribution in [-0.2, 0) is 9.47 Å². The summed E-state index contributed by atoms with van der Waals surface area (Å²) in [5.74, 6) is -0.800. The molecule has 1 aromatic carbocycles. The summed E-state index contributed by atoms with van der Waals surface area (Å²) in [4.78, 5) is 23.1. The van der Waals surface area contributed by atoms with Crippen LogP contribution in [0.5, 0.6) is 0 Å². The third kappa shape index (κ3) is 4.20. The molecule has 0 saturated heterocycles. The minimum absolute atomic E-state index is 0.326. The lowest BCUT2D eigenvalue weighted by Crippen LogP contribution is -2.23. The van der Waals surface area contributed by atoms with E-state index in [0.29, 0.717) is 17.7 Å². The first-order valence-electron chi connectivity index (χ1n) is 5.84. The molecule has 0 N–H and O–H groups in total. The largest absolute Gasteiger partial charge is 0.462 e. The fourth-order valence-electron chi connectivity index (χ4n) is 1.29. The van der Waals surface area contributed by atoms with Crippen LogP contribution in [0.25, 0.3) is 0 Å². The Morgan fingerprint density at radius 3 is 1.83 bits per heavy atom. The van der Waals surface area contributed by atoms with Crippen molar-refractivity contribution in [1.82, 2.24) is 0 Å². The first-order valence-corrected chi connectivity index (χ1v) is 5.84. The van der Waals surface area contributed by atoms with Crippen molar-refractivity contribution in [3.8, 4) is 0 Å². The Balaban J connectivity index is 2.77. The minimum Gasteiger partial charge on any atom is -0.462 e. The van der Waals surface area contributed by atoms with Gasteiger partial charge in [0.25, 0.3) is 0 Å². The van der Waals surface area contributed by atoms with Crippen molar-refractivity contribution in [3.05, 3.63) is 35.4 Å². The number of benzene rings is 1. The van der Waals surface area contributed by atoms with Gasteiger partial charge in [-0.25, -0.2) is 9.59 Å². The zero-order valence-corrected chi connectivity index (χ0v) is 11.1. The number of ether oxygens (including phenoxy) is 2. The lowest BCUT2D eigenvalue weighted by atomic mass is 10.1. The minimum atomic E-state index is -0.531. The number of hydrogen-bond acceptors (Lipinski definition) is 4. The Hall–Kier alpha value is -1.84. The highest BCUT2D eigenvalue weighted by molar-refractivity contribution is 5.93. The quantitative estimate of drug-likeness (QED) is 0.774. The van der Waals surface area contributed by atoms with E-state index in [-0.39, 0.29) is 0 Å². The van der Waals surface area contributed by atoms with Gasteiger partial charge < -0.3 is 9.47 Å². The fourth-order valence-corrected chi connectivity index (χ4v) is 1.29. The Bertz CT molecular complexity index is 426. The predicted octanol–water partition coefficient (Wildman–Crippen LogP) is 2.82. The molecule has 0 aliphatic rings. The molecule has 0 aliphatic carbocycles. The van der Waals surface area contributed by atoms with Crippen molar-refractivity contribution in [2.75, 3.05) is 6.61 Å². The summed E-state index contributed by atoms with van der Waals surface area (Å²) in [6, 6.07) is 6.22. The van der Waals surface area contributed by atoms with Gasteiger partial charge in [0.1, 0.15) is 5.60 Å². The van der Waals surface area contributed by atoms with E-state index in [9.17, 15) is 9.59 Å². The van der Waals surface area contributed by atoms with E-state index in [1.807, 2.05) is 0 Å². The van der Waals surface area contributed by atoms with Gasteiger partial charge in [-0.3, -0.25) is 0 Å². The van der Waals surface area contributed by atoms with E-state index < -0.39 is 17.5 Å². The summed E-state index contributed by atoms with van der Waals surface area (Å²) in [7, 11) is 0. The highest BCUT2D eigenvalue weighted by Gasteiger charge is 2.18. The molecule has 0 saturated carbocycles. The lowest BCUT2D eigenvalue weighted by molar-refractivity contribution is 0.00690. The summed E-state index contributed by atoms with van der Waals surface area (Å²) in [6.07, 6.45) is 0. The molecule has 0 radical (unpaired) electrons. The van der Waals surface area contributed by atoms with Crippen LogP contribution >= 0.6 is 0 Å². The number of carbonyl (C=O) groups is 2. The van der Waals surface area contributed by atoms with E-state index in [1.54, 1.807) is 52.0 Å². The van der Waals surface area contributed by atoms with E-state index >= 15 is 0 Å². The van der Waals surface area contributed by atoms with Crippen molar-refractivity contribution in [1.29, 1.82) is 0 Å². The standard InChI is InChI=1S/C14H18O4/c1-5-17-12(15)10-6-8-11(9-7-10)13(16)18-14(2,3)4/h6-9H,5H2,1-4H3. The SMILES string of the molecule is CCOC(=O)c1ccc(C(=O)OC(C)(C)C)cc1. The number of rotatable bonds is 3. The third-order valence-electron chi connectivity index (χ3n) is 2.03. The zero-order chi connectivity index (χ0) is 13.8. The predicted molar refractivity (Wildman–Crippen MR) is 67.6 cm³/mol. The Morgan fingerprint density at radius 2 is 1.44 bits per heavy atom. The second-order valence-electron chi connectivity index (χ2n) is 4.80. The molecule has 1 rings (SSSR count). The lowest BCUT2D eigenvalue weighted by Gasteiger charge is -2.19. The molecule has 4 heteroatoms. The van der Waals surface area contributed by atoms with Crippen molar-refractivity contribution in [3.63, 3.8) is 0 Å². The second kappa shape index (κ2) is 5.67. The van der Waals surface area contributed by atoms with Crippen molar-refractivity contribution in [2.45, 2.75) is 33.3 Å². The molecule has 0 aromatic heterocycles. The first kappa shape index (κ1) is 14.2. The fraction of sp³-hybridized carbons (Fsp3) is 0.429. The van der Waals surface area contributed by atoms with Crippen LogP contribution in [0.4, 0.5) is 0 Å². The number of esters is 2. The molecule has 1 aromatic rings. The highest BCUT2D eigenvalue weighted by atomic mass is 16.6. The second-order valence-corrected chi connectivity index (χ2v) is 4.80. The monoisotopic (exact) mass is 250 g/mol. The van der Waals surface area contributed by atoms with Crippen LogP contribution in [0.1, 0.15) is 48.4 Å². The molecule has 98 valence electrons. The number of hydrogen-bond donors (Lipinski definition) is 0. The van der Waals surface area contributed by atoms with Crippen LogP contribution in [0, 0.1) is 0 Å². The molecule has 18 heavy (non-hydrogen) atoms. The maximum atomic E-state index is 11.7. The maximum Gasteiger partial charge on any atom is 0.338 e. The van der Waals surface area contributed by atoms with Crippen LogP contribution < -0.4 is 0 Å². The molecule has 4 nitrogen and oxygen atoms in total. The van der Waals surface area contributed by atoms with Gasteiger partial charge in [-0.2, -0.15) is 0 Å². The van der Waals surface area contributed by atoms with Gasteiger partial charge in [-0.15, -0.1) is 0 Å². The van der Waals surface area contributed by atoms with Gasteiger partial charge in [0.2, 0.25) is 0 Å². The molecule has 0 unspecified atom stereocenters. The Labute approximate surface area is 107 Å². The average molecular weight is 250 g/mol. The molecule has 0 amide bonds. The molecular formula is C14H18O4. The van der Waals surface area contributed by atoms with Gasteiger partial charge in [0.05, 0.1) is 17.7 Å².